The SMILES string of the molecule is CCCCC[C@H](CN(O)C=O)C(=O)NNC(=O)c1ccc2c(c1)OCCCO2. The van der Waals surface area contributed by atoms with Crippen LogP contribution < -0.4 is 20.3 Å². The van der Waals surface area contributed by atoms with Gasteiger partial charge < -0.3 is 9.47 Å². The molecule has 3 N–H and O–H groups in total. The number of carbonyl (C=O) groups excluding carboxylic acids is 3. The standard InChI is InChI=1S/C19H27N3O6/c1-2-3-4-6-15(12-22(26)13-23)19(25)21-20-18(24)14-7-8-16-17(11-14)28-10-5-9-27-16/h7-8,11,13,15,26H,2-6,9-10,12H2,1H3,(H,20,24)(H,21,25)/t15-/m1/s1. The summed E-state index contributed by atoms with van der Waals surface area (Å²) in [6.07, 6.45) is 4.18. The number of hydroxylamine groups is 2. The predicted molar refractivity (Wildman–Crippen MR) is 99.8 cm³/mol. The van der Waals surface area contributed by atoms with E-state index in [0.29, 0.717) is 41.8 Å². The number of amides is 3. The van der Waals surface area contributed by atoms with Gasteiger partial charge >= 0.3 is 0 Å². The van der Waals surface area contributed by atoms with Gasteiger partial charge in [-0.1, -0.05) is 26.2 Å². The Labute approximate surface area is 163 Å². The van der Waals surface area contributed by atoms with Crippen LogP contribution >= 0.6 is 0 Å². The van der Waals surface area contributed by atoms with E-state index in [1.165, 1.54) is 0 Å². The Morgan fingerprint density at radius 2 is 1.96 bits per heavy atom. The number of nitrogens with zero attached hydrogens (tertiary/aromatic N) is 1. The Balaban J connectivity index is 1.94. The van der Waals surface area contributed by atoms with E-state index < -0.39 is 17.7 Å². The van der Waals surface area contributed by atoms with Crippen LogP contribution in [0.3, 0.4) is 0 Å². The van der Waals surface area contributed by atoms with Crippen LogP contribution in [0.15, 0.2) is 18.2 Å². The topological polar surface area (TPSA) is 117 Å². The van der Waals surface area contributed by atoms with Gasteiger partial charge in [-0.15, -0.1) is 0 Å². The van der Waals surface area contributed by atoms with Crippen LogP contribution in [0.1, 0.15) is 49.4 Å². The van der Waals surface area contributed by atoms with Crippen molar-refractivity contribution in [1.82, 2.24) is 15.9 Å². The highest BCUT2D eigenvalue weighted by molar-refractivity contribution is 5.96. The molecule has 3 amide bonds. The molecular formula is C19H27N3O6. The summed E-state index contributed by atoms with van der Waals surface area (Å²) in [6.45, 7) is 2.95. The first kappa shape index (κ1) is 21.5. The van der Waals surface area contributed by atoms with Crippen LogP contribution in [-0.4, -0.2) is 48.3 Å². The maximum atomic E-state index is 12.4. The van der Waals surface area contributed by atoms with Gasteiger partial charge in [0.25, 0.3) is 5.91 Å². The Morgan fingerprint density at radius 3 is 2.68 bits per heavy atom. The number of nitrogens with one attached hydrogen (secondary N) is 2. The van der Waals surface area contributed by atoms with E-state index in [0.717, 1.165) is 25.7 Å². The Hall–Kier alpha value is -2.81. The average molecular weight is 393 g/mol. The lowest BCUT2D eigenvalue weighted by Gasteiger charge is -2.19. The fourth-order valence-electron chi connectivity index (χ4n) is 2.81. The summed E-state index contributed by atoms with van der Waals surface area (Å²) in [5.74, 6) is -0.556. The molecule has 1 aromatic carbocycles. The molecule has 1 heterocycles. The summed E-state index contributed by atoms with van der Waals surface area (Å²) in [7, 11) is 0. The second-order valence-electron chi connectivity index (χ2n) is 6.58. The fourth-order valence-corrected chi connectivity index (χ4v) is 2.81. The molecule has 0 aromatic heterocycles. The third-order valence-electron chi connectivity index (χ3n) is 4.36. The van der Waals surface area contributed by atoms with Gasteiger partial charge in [0.1, 0.15) is 0 Å². The summed E-state index contributed by atoms with van der Waals surface area (Å²) < 4.78 is 11.1. The maximum Gasteiger partial charge on any atom is 0.269 e. The van der Waals surface area contributed by atoms with Crippen LogP contribution in [0.25, 0.3) is 0 Å². The Morgan fingerprint density at radius 1 is 1.21 bits per heavy atom. The van der Waals surface area contributed by atoms with E-state index in [4.69, 9.17) is 9.47 Å². The molecule has 1 aromatic rings. The lowest BCUT2D eigenvalue weighted by atomic mass is 10.0. The zero-order valence-corrected chi connectivity index (χ0v) is 16.0. The lowest BCUT2D eigenvalue weighted by Crippen LogP contribution is -2.46. The normalized spacial score (nSPS) is 13.8. The third-order valence-corrected chi connectivity index (χ3v) is 4.36. The van der Waals surface area contributed by atoms with Crippen molar-refractivity contribution in [3.8, 4) is 11.5 Å². The molecule has 0 fully saturated rings. The van der Waals surface area contributed by atoms with E-state index in [1.54, 1.807) is 18.2 Å². The minimum absolute atomic E-state index is 0.140. The molecule has 9 heteroatoms. The summed E-state index contributed by atoms with van der Waals surface area (Å²) in [5.41, 5.74) is 5.03. The number of hydrogen-bond donors (Lipinski definition) is 3. The predicted octanol–water partition coefficient (Wildman–Crippen LogP) is 1.65. The van der Waals surface area contributed by atoms with Crippen LogP contribution in [0.4, 0.5) is 0 Å². The second-order valence-corrected chi connectivity index (χ2v) is 6.58. The van der Waals surface area contributed by atoms with Gasteiger partial charge in [0, 0.05) is 12.0 Å². The highest BCUT2D eigenvalue weighted by Gasteiger charge is 2.22. The minimum Gasteiger partial charge on any atom is -0.490 e. The van der Waals surface area contributed by atoms with Gasteiger partial charge in [-0.05, 0) is 24.6 Å². The molecule has 0 bridgehead atoms. The zero-order valence-electron chi connectivity index (χ0n) is 16.0. The van der Waals surface area contributed by atoms with Gasteiger partial charge in [0.05, 0.1) is 25.7 Å². The van der Waals surface area contributed by atoms with Crippen LogP contribution in [0.2, 0.25) is 0 Å². The van der Waals surface area contributed by atoms with Gasteiger partial charge in [0.2, 0.25) is 12.3 Å². The molecule has 1 aliphatic heterocycles. The molecule has 1 aliphatic rings. The summed E-state index contributed by atoms with van der Waals surface area (Å²) in [5, 5.41) is 9.83. The van der Waals surface area contributed by atoms with Crippen LogP contribution in [-0.2, 0) is 9.59 Å². The quantitative estimate of drug-likeness (QED) is 0.254. The molecule has 0 radical (unpaired) electrons. The van der Waals surface area contributed by atoms with Crippen molar-refractivity contribution >= 4 is 18.2 Å². The largest absolute Gasteiger partial charge is 0.490 e. The first-order chi connectivity index (χ1) is 13.5. The molecule has 9 nitrogen and oxygen atoms in total. The number of benzene rings is 1. The lowest BCUT2D eigenvalue weighted by molar-refractivity contribution is -0.154. The molecule has 2 rings (SSSR count). The summed E-state index contributed by atoms with van der Waals surface area (Å²) in [4.78, 5) is 35.4. The molecule has 154 valence electrons. The number of hydrogen-bond acceptors (Lipinski definition) is 6. The Bertz CT molecular complexity index is 682. The molecule has 0 saturated heterocycles. The smallest absolute Gasteiger partial charge is 0.269 e. The molecule has 1 atom stereocenters. The number of ether oxygens (including phenoxy) is 2. The van der Waals surface area contributed by atoms with E-state index >= 15 is 0 Å². The average Bonchev–Trinajstić information content (AvgIpc) is 2.95. The van der Waals surface area contributed by atoms with Crippen molar-refractivity contribution < 1.29 is 29.1 Å². The number of unbranched alkanes of at least 4 members (excludes halogenated alkanes) is 2. The first-order valence-corrected chi connectivity index (χ1v) is 9.45. The number of rotatable bonds is 9. The van der Waals surface area contributed by atoms with E-state index in [9.17, 15) is 19.6 Å². The van der Waals surface area contributed by atoms with Gasteiger partial charge in [0.15, 0.2) is 11.5 Å². The number of fused-ring (bicyclic) bond motifs is 1. The fraction of sp³-hybridized carbons (Fsp3) is 0.526. The van der Waals surface area contributed by atoms with Crippen LogP contribution in [0.5, 0.6) is 11.5 Å². The van der Waals surface area contributed by atoms with E-state index in [2.05, 4.69) is 10.9 Å². The highest BCUT2D eigenvalue weighted by atomic mass is 16.5. The molecule has 0 spiro atoms. The number of carbonyl (C=O) groups is 3. The van der Waals surface area contributed by atoms with E-state index in [-0.39, 0.29) is 13.0 Å². The van der Waals surface area contributed by atoms with Gasteiger partial charge in [-0.25, -0.2) is 5.06 Å². The molecule has 28 heavy (non-hydrogen) atoms. The first-order valence-electron chi connectivity index (χ1n) is 9.45. The zero-order chi connectivity index (χ0) is 20.4. The second kappa shape index (κ2) is 11.1. The van der Waals surface area contributed by atoms with Crippen molar-refractivity contribution in [2.75, 3.05) is 19.8 Å². The van der Waals surface area contributed by atoms with Crippen molar-refractivity contribution in [1.29, 1.82) is 0 Å². The highest BCUT2D eigenvalue weighted by Crippen LogP contribution is 2.30. The van der Waals surface area contributed by atoms with E-state index in [1.807, 2.05) is 6.92 Å². The third kappa shape index (κ3) is 6.41. The maximum absolute atomic E-state index is 12.4. The minimum atomic E-state index is -0.633. The Kier molecular flexibility index (Phi) is 8.54. The van der Waals surface area contributed by atoms with Crippen molar-refractivity contribution in [2.45, 2.75) is 39.0 Å². The van der Waals surface area contributed by atoms with Crippen molar-refractivity contribution in [2.24, 2.45) is 5.92 Å². The summed E-state index contributed by atoms with van der Waals surface area (Å²) >= 11 is 0. The molecule has 0 saturated carbocycles. The number of hydrazine groups is 1. The molecule has 0 aliphatic carbocycles. The van der Waals surface area contributed by atoms with Crippen LogP contribution in [0, 0.1) is 5.92 Å². The van der Waals surface area contributed by atoms with Crippen molar-refractivity contribution in [3.63, 3.8) is 0 Å². The monoisotopic (exact) mass is 393 g/mol. The van der Waals surface area contributed by atoms with Gasteiger partial charge in [-0.3, -0.25) is 30.4 Å². The molecular weight excluding hydrogens is 366 g/mol. The summed E-state index contributed by atoms with van der Waals surface area (Å²) in [6, 6.07) is 4.79. The van der Waals surface area contributed by atoms with Gasteiger partial charge in [-0.2, -0.15) is 0 Å². The molecule has 0 unspecified atom stereocenters. The van der Waals surface area contributed by atoms with Crippen molar-refractivity contribution in [3.05, 3.63) is 23.8 Å².